The first kappa shape index (κ1) is 22.5. The Morgan fingerprint density at radius 2 is 1.15 bits per heavy atom. The van der Waals surface area contributed by atoms with Crippen LogP contribution in [0.3, 0.4) is 0 Å². The Hall–Kier alpha value is -0.770. The Morgan fingerprint density at radius 1 is 0.667 bits per heavy atom. The second-order valence-electron chi connectivity index (χ2n) is 9.66. The molecule has 0 unspecified atom stereocenters. The fourth-order valence-corrected chi connectivity index (χ4v) is 5.59. The molecule has 0 bridgehead atoms. The zero-order valence-electron chi connectivity index (χ0n) is 18.1. The minimum atomic E-state index is 0.928. The highest BCUT2D eigenvalue weighted by Gasteiger charge is 2.24. The average Bonchev–Trinajstić information content (AvgIpc) is 2.71. The fraction of sp³-hybridized carbons (Fsp3) is 0.885. The van der Waals surface area contributed by atoms with Gasteiger partial charge in [-0.05, 0) is 36.5 Å². The summed E-state index contributed by atoms with van der Waals surface area (Å²) in [5, 5.41) is 8.55. The predicted octanol–water partition coefficient (Wildman–Crippen LogP) is 8.60. The topological polar surface area (TPSA) is 23.8 Å². The van der Waals surface area contributed by atoms with Gasteiger partial charge < -0.3 is 0 Å². The molecule has 0 spiro atoms. The second kappa shape index (κ2) is 14.3. The average molecular weight is 372 g/mol. The van der Waals surface area contributed by atoms with Crippen molar-refractivity contribution in [2.75, 3.05) is 0 Å². The molecule has 2 fully saturated rings. The third-order valence-electron chi connectivity index (χ3n) is 7.57. The highest BCUT2D eigenvalue weighted by molar-refractivity contribution is 5.01. The maximum atomic E-state index is 8.55. The van der Waals surface area contributed by atoms with Crippen molar-refractivity contribution in [3.8, 4) is 6.07 Å². The van der Waals surface area contributed by atoms with Crippen molar-refractivity contribution in [2.24, 2.45) is 23.7 Å². The monoisotopic (exact) mass is 371 g/mol. The highest BCUT2D eigenvalue weighted by Crippen LogP contribution is 2.38. The highest BCUT2D eigenvalue weighted by atomic mass is 14.3. The molecule has 0 radical (unpaired) electrons. The quantitative estimate of drug-likeness (QED) is 0.249. The van der Waals surface area contributed by atoms with E-state index in [0.717, 1.165) is 30.1 Å². The van der Waals surface area contributed by atoms with Gasteiger partial charge in [-0.1, -0.05) is 116 Å². The van der Waals surface area contributed by atoms with Gasteiger partial charge in [0.2, 0.25) is 0 Å². The number of hydrogen-bond acceptors (Lipinski definition) is 1. The zero-order chi connectivity index (χ0) is 19.2. The van der Waals surface area contributed by atoms with Crippen LogP contribution < -0.4 is 0 Å². The normalized spacial score (nSPS) is 29.0. The lowest BCUT2D eigenvalue weighted by Crippen LogP contribution is -2.18. The van der Waals surface area contributed by atoms with E-state index in [2.05, 4.69) is 13.0 Å². The van der Waals surface area contributed by atoms with Crippen LogP contribution in [-0.2, 0) is 0 Å². The minimum Gasteiger partial charge on any atom is -0.193 e. The van der Waals surface area contributed by atoms with E-state index in [4.69, 9.17) is 5.26 Å². The van der Waals surface area contributed by atoms with Crippen LogP contribution in [0.1, 0.15) is 122 Å². The molecule has 154 valence electrons. The number of hydrogen-bond donors (Lipinski definition) is 0. The van der Waals surface area contributed by atoms with Crippen molar-refractivity contribution >= 4 is 0 Å². The molecule has 0 aliphatic heterocycles. The molecule has 2 aliphatic carbocycles. The summed E-state index contributed by atoms with van der Waals surface area (Å²) in [5.41, 5.74) is 0. The standard InChI is InChI=1S/C26H45N/c1-2-3-4-5-7-10-23-12-16-25(17-13-23)20-21-26-18-14-24(15-19-26)11-8-6-9-22-27/h6,9,23-26H,2-5,7-8,10-21H2,1H3. The fourth-order valence-electron chi connectivity index (χ4n) is 5.59. The van der Waals surface area contributed by atoms with Gasteiger partial charge in [-0.15, -0.1) is 0 Å². The Balaban J connectivity index is 1.47. The molecule has 0 atom stereocenters. The van der Waals surface area contributed by atoms with Crippen LogP contribution in [0.15, 0.2) is 12.2 Å². The SMILES string of the molecule is CCCCCCCC1CCC(CCC2CCC(CCC=CC#N)CC2)CC1. The molecule has 0 aromatic heterocycles. The molecule has 0 saturated heterocycles. The van der Waals surface area contributed by atoms with Crippen LogP contribution in [-0.4, -0.2) is 0 Å². The molecular formula is C26H45N. The second-order valence-corrected chi connectivity index (χ2v) is 9.66. The van der Waals surface area contributed by atoms with Gasteiger partial charge in [0.25, 0.3) is 0 Å². The van der Waals surface area contributed by atoms with Gasteiger partial charge in [0.05, 0.1) is 6.07 Å². The molecule has 2 saturated carbocycles. The minimum absolute atomic E-state index is 0.928. The van der Waals surface area contributed by atoms with Gasteiger partial charge in [0.15, 0.2) is 0 Å². The Kier molecular flexibility index (Phi) is 11.9. The Bertz CT molecular complexity index is 416. The summed E-state index contributed by atoms with van der Waals surface area (Å²) in [6.07, 6.45) is 29.8. The maximum absolute atomic E-state index is 8.55. The number of allylic oxidation sites excluding steroid dienone is 2. The van der Waals surface area contributed by atoms with E-state index >= 15 is 0 Å². The maximum Gasteiger partial charge on any atom is 0.0908 e. The first-order valence-electron chi connectivity index (χ1n) is 12.4. The van der Waals surface area contributed by atoms with Crippen molar-refractivity contribution in [1.29, 1.82) is 5.26 Å². The Morgan fingerprint density at radius 3 is 1.67 bits per heavy atom. The van der Waals surface area contributed by atoms with Crippen molar-refractivity contribution in [1.82, 2.24) is 0 Å². The number of rotatable bonds is 12. The van der Waals surface area contributed by atoms with Crippen LogP contribution >= 0.6 is 0 Å². The zero-order valence-corrected chi connectivity index (χ0v) is 18.1. The number of nitriles is 1. The number of unbranched alkanes of at least 4 members (excludes halogenated alkanes) is 4. The summed E-state index contributed by atoms with van der Waals surface area (Å²) in [6.45, 7) is 2.31. The van der Waals surface area contributed by atoms with E-state index in [-0.39, 0.29) is 0 Å². The van der Waals surface area contributed by atoms with Crippen LogP contribution in [0.4, 0.5) is 0 Å². The van der Waals surface area contributed by atoms with E-state index in [9.17, 15) is 0 Å². The summed E-state index contributed by atoms with van der Waals surface area (Å²) < 4.78 is 0. The van der Waals surface area contributed by atoms with Gasteiger partial charge in [-0.25, -0.2) is 0 Å². The summed E-state index contributed by atoms with van der Waals surface area (Å²) in [5.74, 6) is 4.06. The largest absolute Gasteiger partial charge is 0.193 e. The molecule has 0 aromatic carbocycles. The van der Waals surface area contributed by atoms with Crippen molar-refractivity contribution in [3.05, 3.63) is 12.2 Å². The summed E-state index contributed by atoms with van der Waals surface area (Å²) >= 11 is 0. The first-order chi connectivity index (χ1) is 13.3. The van der Waals surface area contributed by atoms with E-state index in [1.165, 1.54) is 109 Å². The Labute approximate surface area is 170 Å². The molecule has 0 N–H and O–H groups in total. The lowest BCUT2D eigenvalue weighted by molar-refractivity contribution is 0.208. The third kappa shape index (κ3) is 9.82. The van der Waals surface area contributed by atoms with Crippen LogP contribution in [0, 0.1) is 35.0 Å². The van der Waals surface area contributed by atoms with Crippen LogP contribution in [0.2, 0.25) is 0 Å². The number of nitrogens with zero attached hydrogens (tertiary/aromatic N) is 1. The van der Waals surface area contributed by atoms with Gasteiger partial charge >= 0.3 is 0 Å². The molecule has 0 heterocycles. The van der Waals surface area contributed by atoms with Crippen molar-refractivity contribution in [2.45, 2.75) is 122 Å². The van der Waals surface area contributed by atoms with E-state index in [0.29, 0.717) is 0 Å². The molecule has 0 amide bonds. The van der Waals surface area contributed by atoms with Crippen LogP contribution in [0.25, 0.3) is 0 Å². The van der Waals surface area contributed by atoms with Gasteiger partial charge in [-0.2, -0.15) is 5.26 Å². The third-order valence-corrected chi connectivity index (χ3v) is 7.57. The molecular weight excluding hydrogens is 326 g/mol. The van der Waals surface area contributed by atoms with E-state index in [1.807, 2.05) is 6.08 Å². The molecule has 2 aliphatic rings. The van der Waals surface area contributed by atoms with E-state index < -0.39 is 0 Å². The molecule has 0 aromatic rings. The lowest BCUT2D eigenvalue weighted by Gasteiger charge is -2.32. The summed E-state index contributed by atoms with van der Waals surface area (Å²) in [4.78, 5) is 0. The first-order valence-corrected chi connectivity index (χ1v) is 12.4. The van der Waals surface area contributed by atoms with Crippen molar-refractivity contribution in [3.63, 3.8) is 0 Å². The van der Waals surface area contributed by atoms with Gasteiger partial charge in [0, 0.05) is 6.08 Å². The molecule has 1 heteroatoms. The smallest absolute Gasteiger partial charge is 0.0908 e. The summed E-state index contributed by atoms with van der Waals surface area (Å²) in [6, 6.07) is 2.10. The molecule has 2 rings (SSSR count). The van der Waals surface area contributed by atoms with Crippen LogP contribution in [0.5, 0.6) is 0 Å². The predicted molar refractivity (Wildman–Crippen MR) is 117 cm³/mol. The van der Waals surface area contributed by atoms with Crippen molar-refractivity contribution < 1.29 is 0 Å². The van der Waals surface area contributed by atoms with Gasteiger partial charge in [0.1, 0.15) is 0 Å². The molecule has 27 heavy (non-hydrogen) atoms. The summed E-state index contributed by atoms with van der Waals surface area (Å²) in [7, 11) is 0. The molecule has 1 nitrogen and oxygen atoms in total. The lowest BCUT2D eigenvalue weighted by atomic mass is 9.74. The van der Waals surface area contributed by atoms with E-state index in [1.54, 1.807) is 6.08 Å². The van der Waals surface area contributed by atoms with Gasteiger partial charge in [-0.3, -0.25) is 0 Å².